The molecule has 3 aromatic rings. The second-order valence-electron chi connectivity index (χ2n) is 9.69. The molecule has 1 N–H and O–H groups in total. The summed E-state index contributed by atoms with van der Waals surface area (Å²) >= 11 is 6.12. The van der Waals surface area contributed by atoms with E-state index in [9.17, 15) is 18.8 Å². The first-order valence-corrected chi connectivity index (χ1v) is 13.8. The third kappa shape index (κ3) is 7.02. The predicted molar refractivity (Wildman–Crippen MR) is 156 cm³/mol. The molecule has 0 aliphatic carbocycles. The van der Waals surface area contributed by atoms with Gasteiger partial charge in [-0.15, -0.1) is 5.11 Å². The Labute approximate surface area is 251 Å². The molecular formula is C29H28ClFN8O4. The van der Waals surface area contributed by atoms with Gasteiger partial charge in [0.05, 0.1) is 23.9 Å². The van der Waals surface area contributed by atoms with Gasteiger partial charge in [0.1, 0.15) is 12.5 Å². The number of nitrogens with one attached hydrogen (secondary N) is 1. The molecule has 0 fully saturated rings. The number of amides is 3. The lowest BCUT2D eigenvalue weighted by Crippen LogP contribution is -2.51. The summed E-state index contributed by atoms with van der Waals surface area (Å²) in [6.07, 6.45) is 7.16. The van der Waals surface area contributed by atoms with Crippen LogP contribution in [0.4, 0.5) is 10.2 Å². The van der Waals surface area contributed by atoms with Crippen molar-refractivity contribution < 1.29 is 23.6 Å². The highest BCUT2D eigenvalue weighted by Gasteiger charge is 2.27. The number of pyridine rings is 1. The van der Waals surface area contributed by atoms with Crippen LogP contribution in [0.15, 0.2) is 89.4 Å². The van der Waals surface area contributed by atoms with E-state index in [1.54, 1.807) is 41.8 Å². The van der Waals surface area contributed by atoms with E-state index in [1.165, 1.54) is 29.0 Å². The molecule has 0 radical (unpaired) electrons. The summed E-state index contributed by atoms with van der Waals surface area (Å²) in [7, 11) is 0. The third-order valence-corrected chi connectivity index (χ3v) is 7.27. The number of benzene rings is 2. The van der Waals surface area contributed by atoms with Gasteiger partial charge in [0.2, 0.25) is 18.2 Å². The van der Waals surface area contributed by atoms with E-state index in [4.69, 9.17) is 16.4 Å². The van der Waals surface area contributed by atoms with Crippen LogP contribution in [0.1, 0.15) is 25.3 Å². The Balaban J connectivity index is 1.33. The Hall–Kier alpha value is -4.72. The van der Waals surface area contributed by atoms with E-state index in [2.05, 4.69) is 20.6 Å². The van der Waals surface area contributed by atoms with Gasteiger partial charge in [-0.2, -0.15) is 10.2 Å². The number of anilines is 1. The maximum Gasteiger partial charge on any atom is 0.239 e. The van der Waals surface area contributed by atoms with Crippen molar-refractivity contribution in [2.45, 2.75) is 32.4 Å². The van der Waals surface area contributed by atoms with Gasteiger partial charge in [-0.3, -0.25) is 29.1 Å². The zero-order valence-electron chi connectivity index (χ0n) is 23.1. The minimum Gasteiger partial charge on any atom is -0.307 e. The minimum absolute atomic E-state index is 0.0147. The number of aromatic nitrogens is 1. The average Bonchev–Trinajstić information content (AvgIpc) is 3.49. The molecule has 2 aliphatic heterocycles. The van der Waals surface area contributed by atoms with E-state index < -0.39 is 17.8 Å². The van der Waals surface area contributed by atoms with Crippen molar-refractivity contribution in [1.82, 2.24) is 25.2 Å². The highest BCUT2D eigenvalue weighted by Crippen LogP contribution is 2.23. The topological polar surface area (TPSA) is 123 Å². The Morgan fingerprint density at radius 3 is 2.79 bits per heavy atom. The molecular weight excluding hydrogens is 579 g/mol. The number of rotatable bonds is 12. The highest BCUT2D eigenvalue weighted by atomic mass is 35.5. The first-order valence-electron chi connectivity index (χ1n) is 13.4. The molecule has 12 nitrogen and oxygen atoms in total. The maximum atomic E-state index is 14.0. The number of azo groups is 1. The number of hydrazine groups is 1. The van der Waals surface area contributed by atoms with E-state index in [-0.39, 0.29) is 42.7 Å². The van der Waals surface area contributed by atoms with E-state index >= 15 is 0 Å². The number of halogens is 2. The normalized spacial score (nSPS) is 14.4. The second-order valence-corrected chi connectivity index (χ2v) is 10.1. The molecule has 43 heavy (non-hydrogen) atoms. The van der Waals surface area contributed by atoms with Crippen LogP contribution in [0.5, 0.6) is 0 Å². The molecule has 3 amide bonds. The number of hydrogen-bond donors (Lipinski definition) is 1. The van der Waals surface area contributed by atoms with Crippen LogP contribution in [-0.2, 0) is 25.8 Å². The van der Waals surface area contributed by atoms with Gasteiger partial charge >= 0.3 is 0 Å². The van der Waals surface area contributed by atoms with Crippen molar-refractivity contribution in [2.75, 3.05) is 18.3 Å². The summed E-state index contributed by atoms with van der Waals surface area (Å²) in [5.41, 5.74) is 3.42. The fraction of sp³-hybridized carbons (Fsp3) is 0.241. The lowest BCUT2D eigenvalue weighted by molar-refractivity contribution is -0.139. The standard InChI is InChI=1S/C29H28ClFN8O4/c1-20(41)39(34-15-23-7-4-8-25(31)29(23)30)24(9-10-28(42)36-11-12-37-18-33-35-27(37)16-36)17-43-38(19-40)26-13-21-5-2-3-6-22(21)14-32-26/h2-8,11-14,16,19,24,34H,9-10,15,17-18H2,1H3/t24-/m0/s1. The van der Waals surface area contributed by atoms with Crippen LogP contribution in [0, 0.1) is 5.82 Å². The Kier molecular flexibility index (Phi) is 9.35. The fourth-order valence-electron chi connectivity index (χ4n) is 4.57. The van der Waals surface area contributed by atoms with E-state index in [1.807, 2.05) is 24.3 Å². The molecule has 2 aromatic carbocycles. The number of hydroxylamine groups is 1. The van der Waals surface area contributed by atoms with Crippen LogP contribution in [0.3, 0.4) is 0 Å². The molecule has 0 bridgehead atoms. The van der Waals surface area contributed by atoms with Gasteiger partial charge in [0, 0.05) is 43.9 Å². The van der Waals surface area contributed by atoms with Gasteiger partial charge < -0.3 is 4.90 Å². The summed E-state index contributed by atoms with van der Waals surface area (Å²) in [4.78, 5) is 51.3. The molecule has 1 aromatic heterocycles. The molecule has 222 valence electrons. The number of carbonyl (C=O) groups excluding carboxylic acids is 3. The van der Waals surface area contributed by atoms with Crippen molar-refractivity contribution in [3.05, 3.63) is 95.6 Å². The molecule has 2 aliphatic rings. The molecule has 1 atom stereocenters. The Morgan fingerprint density at radius 1 is 1.19 bits per heavy atom. The zero-order chi connectivity index (χ0) is 30.3. The summed E-state index contributed by atoms with van der Waals surface area (Å²) in [6.45, 7) is 1.57. The van der Waals surface area contributed by atoms with Crippen molar-refractivity contribution in [1.29, 1.82) is 0 Å². The van der Waals surface area contributed by atoms with Crippen LogP contribution < -0.4 is 10.5 Å². The smallest absolute Gasteiger partial charge is 0.239 e. The third-order valence-electron chi connectivity index (χ3n) is 6.84. The largest absolute Gasteiger partial charge is 0.307 e. The van der Waals surface area contributed by atoms with Gasteiger partial charge in [0.25, 0.3) is 0 Å². The fourth-order valence-corrected chi connectivity index (χ4v) is 4.76. The Bertz CT molecular complexity index is 1620. The van der Waals surface area contributed by atoms with Crippen LogP contribution in [0.2, 0.25) is 5.02 Å². The van der Waals surface area contributed by atoms with Crippen molar-refractivity contribution in [3.63, 3.8) is 0 Å². The monoisotopic (exact) mass is 606 g/mol. The van der Waals surface area contributed by atoms with Crippen LogP contribution in [0.25, 0.3) is 10.8 Å². The molecule has 0 unspecified atom stereocenters. The molecule has 0 saturated carbocycles. The molecule has 0 spiro atoms. The van der Waals surface area contributed by atoms with Gasteiger partial charge in [-0.1, -0.05) is 48.0 Å². The number of carbonyl (C=O) groups is 3. The van der Waals surface area contributed by atoms with Crippen LogP contribution in [-0.4, -0.2) is 57.3 Å². The number of hydrogen-bond acceptors (Lipinski definition) is 9. The zero-order valence-corrected chi connectivity index (χ0v) is 23.9. The quantitative estimate of drug-likeness (QED) is 0.238. The number of nitrogens with zero attached hydrogens (tertiary/aromatic N) is 7. The molecule has 14 heteroatoms. The van der Waals surface area contributed by atoms with Gasteiger partial charge in [-0.05, 0) is 29.5 Å². The van der Waals surface area contributed by atoms with Crippen LogP contribution >= 0.6 is 11.6 Å². The maximum absolute atomic E-state index is 14.0. The van der Waals surface area contributed by atoms with Gasteiger partial charge in [0.15, 0.2) is 11.6 Å². The van der Waals surface area contributed by atoms with Crippen molar-refractivity contribution >= 4 is 46.4 Å². The summed E-state index contributed by atoms with van der Waals surface area (Å²) in [5.74, 6) is -0.445. The molecule has 0 saturated heterocycles. The lowest BCUT2D eigenvalue weighted by atomic mass is 10.1. The SMILES string of the molecule is CC(=O)N(NCc1cccc(F)c1Cl)[C@@H](CCC(=O)N1C=CN2CN=NC2=C1)CON(C=O)c1cc2ccccc2cn1. The van der Waals surface area contributed by atoms with E-state index in [0.29, 0.717) is 24.5 Å². The number of fused-ring (bicyclic) bond motifs is 2. The summed E-state index contributed by atoms with van der Waals surface area (Å²) < 4.78 is 14.0. The van der Waals surface area contributed by atoms with Gasteiger partial charge in [-0.25, -0.2) is 14.8 Å². The Morgan fingerprint density at radius 2 is 2.00 bits per heavy atom. The second kappa shape index (κ2) is 13.5. The first kappa shape index (κ1) is 29.8. The first-order chi connectivity index (χ1) is 20.8. The summed E-state index contributed by atoms with van der Waals surface area (Å²) in [6, 6.07) is 12.9. The lowest BCUT2D eigenvalue weighted by Gasteiger charge is -2.32. The molecule has 3 heterocycles. The minimum atomic E-state index is -0.735. The highest BCUT2D eigenvalue weighted by molar-refractivity contribution is 6.31. The molecule has 5 rings (SSSR count). The summed E-state index contributed by atoms with van der Waals surface area (Å²) in [5, 5.41) is 11.9. The predicted octanol–water partition coefficient (Wildman–Crippen LogP) is 4.46. The average molecular weight is 607 g/mol. The van der Waals surface area contributed by atoms with Crippen molar-refractivity contribution in [2.24, 2.45) is 10.2 Å². The van der Waals surface area contributed by atoms with E-state index in [0.717, 1.165) is 15.8 Å². The van der Waals surface area contributed by atoms with Crippen molar-refractivity contribution in [3.8, 4) is 0 Å².